The molecule has 0 bridgehead atoms. The van der Waals surface area contributed by atoms with Gasteiger partial charge in [-0.3, -0.25) is 4.79 Å². The maximum Gasteiger partial charge on any atom is 0.234 e. The Bertz CT molecular complexity index is 1610. The average molecular weight is 572 g/mol. The number of fused-ring (bicyclic) bond motifs is 1. The molecule has 1 N–H and O–H groups in total. The normalized spacial score (nSPS) is 12.2. The van der Waals surface area contributed by atoms with Gasteiger partial charge >= 0.3 is 0 Å². The molecule has 0 aliphatic rings. The fraction of sp³-hybridized carbons (Fsp3) is 0.290. The fourth-order valence-electron chi connectivity index (χ4n) is 4.37. The zero-order valence-corrected chi connectivity index (χ0v) is 25.0. The number of benzene rings is 3. The molecule has 7 nitrogen and oxygen atoms in total. The van der Waals surface area contributed by atoms with Gasteiger partial charge in [-0.25, -0.2) is 4.98 Å². The van der Waals surface area contributed by atoms with Gasteiger partial charge in [-0.15, -0.1) is 21.5 Å². The van der Waals surface area contributed by atoms with Crippen molar-refractivity contribution in [3.63, 3.8) is 0 Å². The van der Waals surface area contributed by atoms with Crippen LogP contribution in [0.15, 0.2) is 71.9 Å². The lowest BCUT2D eigenvalue weighted by molar-refractivity contribution is -0.113. The van der Waals surface area contributed by atoms with E-state index in [9.17, 15) is 4.79 Å². The monoisotopic (exact) mass is 571 g/mol. The summed E-state index contributed by atoms with van der Waals surface area (Å²) >= 11 is 3.04. The molecule has 3 aromatic carbocycles. The Morgan fingerprint density at radius 3 is 2.48 bits per heavy atom. The second-order valence-electron chi connectivity index (χ2n) is 9.97. The number of carbonyl (C=O) groups is 1. The topological polar surface area (TPSA) is 81.9 Å². The molecule has 0 saturated carbocycles. The molecule has 0 saturated heterocycles. The molecule has 0 aliphatic heterocycles. The Morgan fingerprint density at radius 1 is 1.02 bits per heavy atom. The first-order chi connectivity index (χ1) is 19.3. The molecule has 0 aliphatic carbocycles. The van der Waals surface area contributed by atoms with Gasteiger partial charge in [0.2, 0.25) is 5.91 Å². The molecule has 5 rings (SSSR count). The molecule has 0 spiro atoms. The number of thiazole rings is 1. The number of thioether (sulfide) groups is 1. The summed E-state index contributed by atoms with van der Waals surface area (Å²) in [7, 11) is 0. The molecule has 0 fully saturated rings. The van der Waals surface area contributed by atoms with Crippen molar-refractivity contribution in [1.29, 1.82) is 0 Å². The van der Waals surface area contributed by atoms with Gasteiger partial charge in [-0.1, -0.05) is 43.8 Å². The van der Waals surface area contributed by atoms with E-state index >= 15 is 0 Å². The van der Waals surface area contributed by atoms with Crippen molar-refractivity contribution in [2.75, 3.05) is 11.1 Å². The smallest absolute Gasteiger partial charge is 0.234 e. The van der Waals surface area contributed by atoms with Crippen LogP contribution in [0.1, 0.15) is 56.7 Å². The summed E-state index contributed by atoms with van der Waals surface area (Å²) in [6, 6.07) is 22.3. The minimum absolute atomic E-state index is 0.102. The number of anilines is 1. The van der Waals surface area contributed by atoms with E-state index in [1.54, 1.807) is 11.3 Å². The maximum atomic E-state index is 12.7. The molecule has 206 valence electrons. The summed E-state index contributed by atoms with van der Waals surface area (Å²) in [5.41, 5.74) is 5.27. The summed E-state index contributed by atoms with van der Waals surface area (Å²) < 4.78 is 9.32. The lowest BCUT2D eigenvalue weighted by Crippen LogP contribution is -2.15. The molecule has 2 heterocycles. The van der Waals surface area contributed by atoms with Crippen LogP contribution < -0.4 is 10.1 Å². The molecule has 0 radical (unpaired) electrons. The first-order valence-electron chi connectivity index (χ1n) is 13.4. The Morgan fingerprint density at radius 2 is 1.77 bits per heavy atom. The molecular weight excluding hydrogens is 539 g/mol. The van der Waals surface area contributed by atoms with Gasteiger partial charge in [-0.05, 0) is 86.3 Å². The van der Waals surface area contributed by atoms with Crippen molar-refractivity contribution < 1.29 is 9.53 Å². The lowest BCUT2D eigenvalue weighted by atomic mass is 10.0. The summed E-state index contributed by atoms with van der Waals surface area (Å²) in [5.74, 6) is 2.12. The van der Waals surface area contributed by atoms with E-state index in [1.807, 2.05) is 54.8 Å². The predicted molar refractivity (Wildman–Crippen MR) is 164 cm³/mol. The highest BCUT2D eigenvalue weighted by molar-refractivity contribution is 7.99. The van der Waals surface area contributed by atoms with E-state index in [4.69, 9.17) is 9.72 Å². The third kappa shape index (κ3) is 6.37. The number of aromatic nitrogens is 4. The van der Waals surface area contributed by atoms with E-state index < -0.39 is 0 Å². The number of aryl methyl sites for hydroxylation is 1. The van der Waals surface area contributed by atoms with Crippen LogP contribution in [0.25, 0.3) is 20.8 Å². The minimum atomic E-state index is -0.279. The van der Waals surface area contributed by atoms with Crippen LogP contribution in [-0.4, -0.2) is 31.4 Å². The first kappa shape index (κ1) is 27.9. The van der Waals surface area contributed by atoms with Crippen LogP contribution in [0.5, 0.6) is 5.75 Å². The third-order valence-electron chi connectivity index (χ3n) is 6.58. The zero-order valence-electron chi connectivity index (χ0n) is 23.3. The van der Waals surface area contributed by atoms with E-state index in [1.165, 1.54) is 27.6 Å². The van der Waals surface area contributed by atoms with Crippen molar-refractivity contribution >= 4 is 44.9 Å². The van der Waals surface area contributed by atoms with E-state index in [0.717, 1.165) is 33.3 Å². The number of hydrogen-bond acceptors (Lipinski definition) is 7. The lowest BCUT2D eigenvalue weighted by Gasteiger charge is -2.16. The van der Waals surface area contributed by atoms with Crippen LogP contribution >= 0.6 is 23.1 Å². The van der Waals surface area contributed by atoms with E-state index in [2.05, 4.69) is 66.6 Å². The SMILES string of the molecule is CCn1c(SCC(=O)Nc2ccc(-c3nc4ccc(C)cc4s3)cc2)nnc1C(C)Oc1ccc(C(C)C)cc1. The zero-order chi connectivity index (χ0) is 28.2. The summed E-state index contributed by atoms with van der Waals surface area (Å²) in [6.45, 7) is 11.1. The fourth-order valence-corrected chi connectivity index (χ4v) is 6.25. The quantitative estimate of drug-likeness (QED) is 0.172. The van der Waals surface area contributed by atoms with Crippen LogP contribution in [0.4, 0.5) is 5.69 Å². The van der Waals surface area contributed by atoms with Gasteiger partial charge in [0.15, 0.2) is 17.1 Å². The molecule has 40 heavy (non-hydrogen) atoms. The predicted octanol–water partition coefficient (Wildman–Crippen LogP) is 7.88. The van der Waals surface area contributed by atoms with Gasteiger partial charge < -0.3 is 14.6 Å². The van der Waals surface area contributed by atoms with Gasteiger partial charge in [0.25, 0.3) is 0 Å². The number of nitrogens with zero attached hydrogens (tertiary/aromatic N) is 4. The largest absolute Gasteiger partial charge is 0.483 e. The maximum absolute atomic E-state index is 12.7. The number of carbonyl (C=O) groups excluding carboxylic acids is 1. The Kier molecular flexibility index (Phi) is 8.52. The molecule has 2 aromatic heterocycles. The molecule has 1 amide bonds. The van der Waals surface area contributed by atoms with E-state index in [0.29, 0.717) is 17.6 Å². The van der Waals surface area contributed by atoms with Crippen LogP contribution in [0.2, 0.25) is 0 Å². The molecule has 1 unspecified atom stereocenters. The number of hydrogen-bond donors (Lipinski definition) is 1. The van der Waals surface area contributed by atoms with Crippen molar-refractivity contribution in [1.82, 2.24) is 19.7 Å². The van der Waals surface area contributed by atoms with Gasteiger partial charge in [-0.2, -0.15) is 0 Å². The molecule has 5 aromatic rings. The number of nitrogens with one attached hydrogen (secondary N) is 1. The molecular formula is C31H33N5O2S2. The van der Waals surface area contributed by atoms with Crippen molar-refractivity contribution in [2.24, 2.45) is 0 Å². The standard InChI is InChI=1S/C31H33N5O2S2/c1-6-36-29(21(5)38-25-14-10-22(11-15-25)19(2)3)34-35-31(36)39-18-28(37)32-24-12-8-23(9-13-24)30-33-26-16-7-20(4)17-27(26)40-30/h7-17,19,21H,6,18H2,1-5H3,(H,32,37). The molecule has 1 atom stereocenters. The van der Waals surface area contributed by atoms with Crippen LogP contribution in [-0.2, 0) is 11.3 Å². The summed E-state index contributed by atoms with van der Waals surface area (Å²) in [6.07, 6.45) is -0.279. The van der Waals surface area contributed by atoms with Crippen LogP contribution in [0.3, 0.4) is 0 Å². The highest BCUT2D eigenvalue weighted by Gasteiger charge is 2.20. The summed E-state index contributed by atoms with van der Waals surface area (Å²) in [4.78, 5) is 17.5. The Labute approximate surface area is 243 Å². The highest BCUT2D eigenvalue weighted by atomic mass is 32.2. The van der Waals surface area contributed by atoms with Gasteiger partial charge in [0.1, 0.15) is 10.8 Å². The second kappa shape index (κ2) is 12.2. The van der Waals surface area contributed by atoms with Gasteiger partial charge in [0.05, 0.1) is 16.0 Å². The number of ether oxygens (including phenoxy) is 1. The van der Waals surface area contributed by atoms with Gasteiger partial charge in [0, 0.05) is 17.8 Å². The summed E-state index contributed by atoms with van der Waals surface area (Å²) in [5, 5.41) is 13.4. The Hall–Kier alpha value is -3.69. The average Bonchev–Trinajstić information content (AvgIpc) is 3.56. The van der Waals surface area contributed by atoms with Crippen LogP contribution in [0, 0.1) is 6.92 Å². The highest BCUT2D eigenvalue weighted by Crippen LogP contribution is 2.31. The second-order valence-corrected chi connectivity index (χ2v) is 11.9. The number of amides is 1. The van der Waals surface area contributed by atoms with Crippen molar-refractivity contribution in [3.05, 3.63) is 83.7 Å². The van der Waals surface area contributed by atoms with Crippen molar-refractivity contribution in [2.45, 2.75) is 58.3 Å². The first-order valence-corrected chi connectivity index (χ1v) is 15.2. The van der Waals surface area contributed by atoms with Crippen molar-refractivity contribution in [3.8, 4) is 16.3 Å². The van der Waals surface area contributed by atoms with E-state index in [-0.39, 0.29) is 17.8 Å². The number of rotatable bonds is 10. The minimum Gasteiger partial charge on any atom is -0.483 e. The molecule has 9 heteroatoms. The Balaban J connectivity index is 1.17. The third-order valence-corrected chi connectivity index (χ3v) is 8.61.